The molecule has 1 amide bonds. The Morgan fingerprint density at radius 2 is 1.60 bits per heavy atom. The van der Waals surface area contributed by atoms with Gasteiger partial charge in [-0.3, -0.25) is 4.79 Å². The predicted molar refractivity (Wildman–Crippen MR) is 186 cm³/mol. The zero-order valence-corrected chi connectivity index (χ0v) is 30.2. The van der Waals surface area contributed by atoms with Crippen LogP contribution in [0.1, 0.15) is 119 Å². The molecule has 0 aromatic heterocycles. The molecule has 10 atom stereocenters. The zero-order valence-electron chi connectivity index (χ0n) is 30.2. The molecule has 8 heteroatoms. The van der Waals surface area contributed by atoms with Crippen molar-refractivity contribution in [2.24, 2.45) is 46.3 Å². The second-order valence-corrected chi connectivity index (χ2v) is 17.7. The minimum absolute atomic E-state index is 0.133. The van der Waals surface area contributed by atoms with E-state index in [4.69, 9.17) is 14.0 Å². The molecule has 3 N–H and O–H groups in total. The second kappa shape index (κ2) is 13.3. The number of nitrogens with one attached hydrogen (secondary N) is 1. The van der Waals surface area contributed by atoms with E-state index >= 15 is 0 Å². The lowest BCUT2D eigenvalue weighted by Crippen LogP contribution is -2.58. The molecule has 1 saturated heterocycles. The molecule has 1 unspecified atom stereocenters. The highest BCUT2D eigenvalue weighted by atomic mass is 16.7. The third kappa shape index (κ3) is 6.67. The van der Waals surface area contributed by atoms with Gasteiger partial charge in [0.15, 0.2) is 0 Å². The van der Waals surface area contributed by atoms with E-state index in [2.05, 4.69) is 53.8 Å². The number of fused-ring (bicyclic) bond motifs is 5. The smallest absolute Gasteiger partial charge is 0.494 e. The maximum absolute atomic E-state index is 12.8. The van der Waals surface area contributed by atoms with Crippen molar-refractivity contribution in [1.82, 2.24) is 5.32 Å². The summed E-state index contributed by atoms with van der Waals surface area (Å²) in [7, 11) is -0.380. The van der Waals surface area contributed by atoms with Crippen LogP contribution in [-0.4, -0.2) is 59.8 Å². The lowest BCUT2D eigenvalue weighted by Gasteiger charge is -2.62. The summed E-state index contributed by atoms with van der Waals surface area (Å²) in [5.41, 5.74) is 0.756. The first-order chi connectivity index (χ1) is 22.1. The Hall–Kier alpha value is -1.61. The van der Waals surface area contributed by atoms with Gasteiger partial charge in [-0.05, 0) is 156 Å². The van der Waals surface area contributed by atoms with Gasteiger partial charge in [-0.1, -0.05) is 32.9 Å². The summed E-state index contributed by atoms with van der Waals surface area (Å²) in [6.07, 6.45) is 10.4. The summed E-state index contributed by atoms with van der Waals surface area (Å²) in [6, 6.07) is 7.89. The highest BCUT2D eigenvalue weighted by molar-refractivity contribution is 6.62. The van der Waals surface area contributed by atoms with Crippen LogP contribution >= 0.6 is 0 Å². The first-order valence-electron chi connectivity index (χ1n) is 18.9. The Bertz CT molecular complexity index is 1240. The lowest BCUT2D eigenvalue weighted by molar-refractivity contribution is -0.174. The molecule has 0 radical (unpaired) electrons. The highest BCUT2D eigenvalue weighted by Gasteiger charge is 2.63. The molecule has 47 heavy (non-hydrogen) atoms. The molecule has 5 fully saturated rings. The van der Waals surface area contributed by atoms with Crippen molar-refractivity contribution in [3.8, 4) is 5.75 Å². The number of hydrogen-bond acceptors (Lipinski definition) is 6. The van der Waals surface area contributed by atoms with E-state index in [1.165, 1.54) is 25.7 Å². The molecule has 5 aliphatic rings. The van der Waals surface area contributed by atoms with Crippen molar-refractivity contribution in [2.75, 3.05) is 13.2 Å². The molecule has 1 aromatic carbocycles. The van der Waals surface area contributed by atoms with Crippen LogP contribution in [0.5, 0.6) is 5.75 Å². The number of ether oxygens (including phenoxy) is 1. The highest BCUT2D eigenvalue weighted by Crippen LogP contribution is 2.68. The second-order valence-electron chi connectivity index (χ2n) is 17.7. The molecule has 7 nitrogen and oxygen atoms in total. The number of carbonyl (C=O) groups is 1. The van der Waals surface area contributed by atoms with Crippen LogP contribution in [0.25, 0.3) is 0 Å². The van der Waals surface area contributed by atoms with Gasteiger partial charge in [0.2, 0.25) is 5.91 Å². The molecule has 1 heterocycles. The molecule has 4 aliphatic carbocycles. The first-order valence-corrected chi connectivity index (χ1v) is 18.9. The maximum atomic E-state index is 12.8. The van der Waals surface area contributed by atoms with Crippen LogP contribution in [0.2, 0.25) is 0 Å². The number of amides is 1. The first kappa shape index (κ1) is 35.2. The third-order valence-corrected chi connectivity index (χ3v) is 14.6. The van der Waals surface area contributed by atoms with E-state index in [1.54, 1.807) is 0 Å². The van der Waals surface area contributed by atoms with E-state index in [9.17, 15) is 15.0 Å². The quantitative estimate of drug-likeness (QED) is 0.204. The van der Waals surface area contributed by atoms with Crippen molar-refractivity contribution in [3.63, 3.8) is 0 Å². The van der Waals surface area contributed by atoms with Gasteiger partial charge >= 0.3 is 7.12 Å². The standard InChI is InChI=1S/C39H62BNO6/c1-25(30-14-15-31-35-32(18-20-39(30,31)7)38(6)19-17-28(42)23-26(38)24-33(35)43)9-16-34(44)41-21-8-22-45-29-12-10-27(11-13-29)40-46-36(2,3)37(4,5)47-40/h10-13,25-26,28,30-33,35,42-43H,8-9,14-24H2,1-7H3,(H,41,44)/t25-,26+,28-,30-,31+,32+,33+,35?,38+,39-/m1/s1. The molecule has 4 saturated carbocycles. The summed E-state index contributed by atoms with van der Waals surface area (Å²) in [5, 5.41) is 25.0. The molecular weight excluding hydrogens is 589 g/mol. The molecular formula is C39H62BNO6. The van der Waals surface area contributed by atoms with Crippen molar-refractivity contribution in [1.29, 1.82) is 0 Å². The Morgan fingerprint density at radius 1 is 0.936 bits per heavy atom. The van der Waals surface area contributed by atoms with Crippen molar-refractivity contribution in [2.45, 2.75) is 143 Å². The van der Waals surface area contributed by atoms with Gasteiger partial charge < -0.3 is 29.6 Å². The molecule has 0 spiro atoms. The maximum Gasteiger partial charge on any atom is 0.494 e. The van der Waals surface area contributed by atoms with Crippen molar-refractivity contribution in [3.05, 3.63) is 24.3 Å². The van der Waals surface area contributed by atoms with Crippen LogP contribution < -0.4 is 15.5 Å². The van der Waals surface area contributed by atoms with Crippen LogP contribution in [0.15, 0.2) is 24.3 Å². The molecule has 1 aliphatic heterocycles. The summed E-state index contributed by atoms with van der Waals surface area (Å²) < 4.78 is 18.2. The van der Waals surface area contributed by atoms with Crippen LogP contribution in [0, 0.1) is 46.3 Å². The number of aliphatic hydroxyl groups excluding tert-OH is 2. The number of rotatable bonds is 10. The molecule has 6 rings (SSSR count). The largest absolute Gasteiger partial charge is 0.494 e. The number of hydrogen-bond donors (Lipinski definition) is 3. The number of benzene rings is 1. The molecule has 0 bridgehead atoms. The summed E-state index contributed by atoms with van der Waals surface area (Å²) >= 11 is 0. The molecule has 262 valence electrons. The van der Waals surface area contributed by atoms with E-state index in [1.807, 2.05) is 24.3 Å². The van der Waals surface area contributed by atoms with Gasteiger partial charge in [0.05, 0.1) is 30.0 Å². The number of carbonyl (C=O) groups excluding carboxylic acids is 1. The van der Waals surface area contributed by atoms with Crippen LogP contribution in [0.4, 0.5) is 0 Å². The normalized spacial score (nSPS) is 39.4. The van der Waals surface area contributed by atoms with Gasteiger partial charge in [-0.15, -0.1) is 0 Å². The fourth-order valence-electron chi connectivity index (χ4n) is 11.0. The fraction of sp³-hybridized carbons (Fsp3) is 0.821. The summed E-state index contributed by atoms with van der Waals surface area (Å²) in [4.78, 5) is 12.8. The summed E-state index contributed by atoms with van der Waals surface area (Å²) in [5.74, 6) is 4.02. The fourth-order valence-corrected chi connectivity index (χ4v) is 11.0. The van der Waals surface area contributed by atoms with Gasteiger partial charge in [-0.25, -0.2) is 0 Å². The van der Waals surface area contributed by atoms with Gasteiger partial charge in [0, 0.05) is 13.0 Å². The van der Waals surface area contributed by atoms with E-state index in [0.717, 1.165) is 49.7 Å². The third-order valence-electron chi connectivity index (χ3n) is 14.6. The average molecular weight is 652 g/mol. The van der Waals surface area contributed by atoms with E-state index < -0.39 is 0 Å². The summed E-state index contributed by atoms with van der Waals surface area (Å²) in [6.45, 7) is 16.7. The Kier molecular flexibility index (Phi) is 9.94. The lowest BCUT2D eigenvalue weighted by atomic mass is 9.43. The monoisotopic (exact) mass is 651 g/mol. The zero-order chi connectivity index (χ0) is 33.8. The number of aliphatic hydroxyl groups is 2. The van der Waals surface area contributed by atoms with E-state index in [-0.39, 0.29) is 47.3 Å². The Morgan fingerprint density at radius 3 is 2.30 bits per heavy atom. The Labute approximate surface area is 284 Å². The van der Waals surface area contributed by atoms with Crippen molar-refractivity contribution < 1.29 is 29.1 Å². The van der Waals surface area contributed by atoms with Crippen LogP contribution in [0.3, 0.4) is 0 Å². The van der Waals surface area contributed by atoms with E-state index in [0.29, 0.717) is 55.1 Å². The average Bonchev–Trinajstić information content (AvgIpc) is 3.48. The SMILES string of the molecule is C[C@H](CCC(=O)NCCCOc1ccc(B2OC(C)(C)C(C)(C)O2)cc1)[C@H]1CC[C@H]2C3[C@@H](O)C[C@@H]4C[C@H](O)CC[C@]4(C)[C@H]3CC[C@]12C. The molecule has 1 aromatic rings. The van der Waals surface area contributed by atoms with Gasteiger partial charge in [-0.2, -0.15) is 0 Å². The minimum Gasteiger partial charge on any atom is -0.494 e. The van der Waals surface area contributed by atoms with Gasteiger partial charge in [0.1, 0.15) is 5.75 Å². The minimum atomic E-state index is -0.380. The topological polar surface area (TPSA) is 97.3 Å². The predicted octanol–water partition coefficient (Wildman–Crippen LogP) is 6.28. The van der Waals surface area contributed by atoms with Gasteiger partial charge in [0.25, 0.3) is 0 Å². The van der Waals surface area contributed by atoms with Crippen molar-refractivity contribution >= 4 is 18.5 Å². The Balaban J connectivity index is 0.917. The van der Waals surface area contributed by atoms with Crippen LogP contribution in [-0.2, 0) is 14.1 Å².